The van der Waals surface area contributed by atoms with Crippen LogP contribution in [0.5, 0.6) is 17.2 Å². The number of methoxy groups -OCH3 is 1. The van der Waals surface area contributed by atoms with Crippen molar-refractivity contribution in [2.24, 2.45) is 0 Å². The van der Waals surface area contributed by atoms with Gasteiger partial charge in [0, 0.05) is 23.9 Å². The van der Waals surface area contributed by atoms with E-state index in [1.807, 2.05) is 66.9 Å². The molecule has 1 aliphatic carbocycles. The SMILES string of the molecule is COc1cc(-c2nc([C@H]3C[C@@](C)(O)C3)n3ccnc(N)c23)ccc1Oc1ccccc1C. The van der Waals surface area contributed by atoms with Gasteiger partial charge in [-0.2, -0.15) is 0 Å². The van der Waals surface area contributed by atoms with Crippen molar-refractivity contribution in [3.63, 3.8) is 0 Å². The minimum Gasteiger partial charge on any atom is -0.493 e. The first-order valence-electron chi connectivity index (χ1n) is 10.6. The van der Waals surface area contributed by atoms with E-state index in [0.717, 1.165) is 33.9 Å². The Labute approximate surface area is 186 Å². The lowest BCUT2D eigenvalue weighted by molar-refractivity contribution is -0.0335. The summed E-state index contributed by atoms with van der Waals surface area (Å²) >= 11 is 0. The molecule has 1 saturated carbocycles. The average Bonchev–Trinajstić information content (AvgIpc) is 3.14. The molecule has 0 radical (unpaired) electrons. The maximum absolute atomic E-state index is 10.2. The topological polar surface area (TPSA) is 94.9 Å². The number of nitrogens with two attached hydrogens (primary N) is 1. The first kappa shape index (κ1) is 20.3. The first-order chi connectivity index (χ1) is 15.4. The minimum absolute atomic E-state index is 0.165. The van der Waals surface area contributed by atoms with E-state index in [9.17, 15) is 5.11 Å². The molecule has 2 heterocycles. The Hall–Kier alpha value is -3.58. The molecule has 5 rings (SSSR count). The molecule has 7 heteroatoms. The summed E-state index contributed by atoms with van der Waals surface area (Å²) in [6.45, 7) is 3.86. The summed E-state index contributed by atoms with van der Waals surface area (Å²) in [5.74, 6) is 3.46. The number of fused-ring (bicyclic) bond motifs is 1. The van der Waals surface area contributed by atoms with Crippen molar-refractivity contribution in [3.05, 3.63) is 66.2 Å². The molecule has 0 bridgehead atoms. The number of imidazole rings is 1. The van der Waals surface area contributed by atoms with E-state index in [1.165, 1.54) is 0 Å². The van der Waals surface area contributed by atoms with Crippen molar-refractivity contribution in [1.29, 1.82) is 0 Å². The number of hydrogen-bond donors (Lipinski definition) is 2. The molecule has 2 aromatic heterocycles. The fourth-order valence-electron chi connectivity index (χ4n) is 4.45. The monoisotopic (exact) mass is 430 g/mol. The quantitative estimate of drug-likeness (QED) is 0.476. The van der Waals surface area contributed by atoms with Gasteiger partial charge in [-0.25, -0.2) is 9.97 Å². The van der Waals surface area contributed by atoms with E-state index in [0.29, 0.717) is 30.2 Å². The molecule has 0 amide bonds. The van der Waals surface area contributed by atoms with Crippen molar-refractivity contribution in [3.8, 4) is 28.5 Å². The lowest BCUT2D eigenvalue weighted by Gasteiger charge is -2.40. The largest absolute Gasteiger partial charge is 0.493 e. The lowest BCUT2D eigenvalue weighted by atomic mass is 9.72. The molecule has 0 aliphatic heterocycles. The maximum atomic E-state index is 10.2. The Kier molecular flexibility index (Phi) is 4.78. The Morgan fingerprint density at radius 1 is 1.12 bits per heavy atom. The number of aromatic nitrogens is 3. The Balaban J connectivity index is 1.57. The predicted molar refractivity (Wildman–Crippen MR) is 123 cm³/mol. The summed E-state index contributed by atoms with van der Waals surface area (Å²) in [6.07, 6.45) is 4.88. The Morgan fingerprint density at radius 2 is 1.91 bits per heavy atom. The van der Waals surface area contributed by atoms with Gasteiger partial charge in [0.25, 0.3) is 0 Å². The molecule has 2 aromatic carbocycles. The zero-order valence-electron chi connectivity index (χ0n) is 18.4. The van der Waals surface area contributed by atoms with Gasteiger partial charge in [-0.1, -0.05) is 18.2 Å². The minimum atomic E-state index is -0.646. The third-order valence-electron chi connectivity index (χ3n) is 6.10. The first-order valence-corrected chi connectivity index (χ1v) is 10.6. The van der Waals surface area contributed by atoms with Gasteiger partial charge >= 0.3 is 0 Å². The Morgan fingerprint density at radius 3 is 2.62 bits per heavy atom. The third-order valence-corrected chi connectivity index (χ3v) is 6.10. The number of nitrogen functional groups attached to an aromatic ring is 1. The number of nitrogens with zero attached hydrogens (tertiary/aromatic N) is 3. The van der Waals surface area contributed by atoms with E-state index in [4.69, 9.17) is 20.2 Å². The molecule has 7 nitrogen and oxygen atoms in total. The van der Waals surface area contributed by atoms with E-state index < -0.39 is 5.60 Å². The third kappa shape index (κ3) is 3.44. The second kappa shape index (κ2) is 7.53. The number of rotatable bonds is 5. The van der Waals surface area contributed by atoms with Crippen LogP contribution >= 0.6 is 0 Å². The van der Waals surface area contributed by atoms with Crippen molar-refractivity contribution in [2.75, 3.05) is 12.8 Å². The normalized spacial score (nSPS) is 20.2. The molecule has 3 N–H and O–H groups in total. The summed E-state index contributed by atoms with van der Waals surface area (Å²) in [5, 5.41) is 10.2. The number of ether oxygens (including phenoxy) is 2. The predicted octanol–water partition coefficient (Wildman–Crippen LogP) is 4.72. The number of hydrogen-bond acceptors (Lipinski definition) is 6. The molecule has 0 unspecified atom stereocenters. The molecule has 164 valence electrons. The van der Waals surface area contributed by atoms with Crippen molar-refractivity contribution in [1.82, 2.24) is 14.4 Å². The average molecular weight is 431 g/mol. The second-order valence-electron chi connectivity index (χ2n) is 8.69. The highest BCUT2D eigenvalue weighted by molar-refractivity contribution is 5.86. The summed E-state index contributed by atoms with van der Waals surface area (Å²) < 4.78 is 13.7. The standard InChI is InChI=1S/C25H26N4O3/c1-15-6-4-5-7-18(15)32-19-9-8-16(12-20(19)31-3)21-22-23(26)27-10-11-29(22)24(28-21)17-13-25(2,30)14-17/h4-12,17,30H,13-14H2,1-3H3,(H2,26,27)/t17-,25+. The molecule has 32 heavy (non-hydrogen) atoms. The van der Waals surface area contributed by atoms with Gasteiger partial charge in [-0.15, -0.1) is 0 Å². The molecule has 4 aromatic rings. The highest BCUT2D eigenvalue weighted by atomic mass is 16.5. The fraction of sp³-hybridized carbons (Fsp3) is 0.280. The van der Waals surface area contributed by atoms with E-state index in [1.54, 1.807) is 13.3 Å². The van der Waals surface area contributed by atoms with Gasteiger partial charge in [0.2, 0.25) is 0 Å². The number of anilines is 1. The number of aliphatic hydroxyl groups is 1. The zero-order chi connectivity index (χ0) is 22.5. The van der Waals surface area contributed by atoms with E-state index in [2.05, 4.69) is 4.98 Å². The molecule has 0 atom stereocenters. The van der Waals surface area contributed by atoms with Gasteiger partial charge in [-0.05, 0) is 56.5 Å². The fourth-order valence-corrected chi connectivity index (χ4v) is 4.45. The van der Waals surface area contributed by atoms with Crippen LogP contribution in [0.1, 0.15) is 37.1 Å². The number of benzene rings is 2. The summed E-state index contributed by atoms with van der Waals surface area (Å²) in [4.78, 5) is 9.22. The van der Waals surface area contributed by atoms with Crippen LogP contribution in [0.3, 0.4) is 0 Å². The molecular formula is C25H26N4O3. The van der Waals surface area contributed by atoms with Crippen LogP contribution < -0.4 is 15.2 Å². The summed E-state index contributed by atoms with van der Waals surface area (Å²) in [6, 6.07) is 13.6. The van der Waals surface area contributed by atoms with Gasteiger partial charge < -0.3 is 20.3 Å². The molecule has 1 aliphatic rings. The van der Waals surface area contributed by atoms with Crippen molar-refractivity contribution < 1.29 is 14.6 Å². The highest BCUT2D eigenvalue weighted by Crippen LogP contribution is 2.46. The van der Waals surface area contributed by atoms with Gasteiger partial charge in [0.05, 0.1) is 12.7 Å². The molecular weight excluding hydrogens is 404 g/mol. The van der Waals surface area contributed by atoms with Gasteiger partial charge in [0.1, 0.15) is 28.6 Å². The smallest absolute Gasteiger partial charge is 0.169 e. The zero-order valence-corrected chi connectivity index (χ0v) is 18.4. The maximum Gasteiger partial charge on any atom is 0.169 e. The van der Waals surface area contributed by atoms with E-state index in [-0.39, 0.29) is 5.92 Å². The van der Waals surface area contributed by atoms with Crippen molar-refractivity contribution in [2.45, 2.75) is 38.2 Å². The second-order valence-corrected chi connectivity index (χ2v) is 8.69. The lowest BCUT2D eigenvalue weighted by Crippen LogP contribution is -2.40. The van der Waals surface area contributed by atoms with Crippen LogP contribution in [0, 0.1) is 6.92 Å². The van der Waals surface area contributed by atoms with Gasteiger partial charge in [0.15, 0.2) is 11.5 Å². The van der Waals surface area contributed by atoms with Gasteiger partial charge in [-0.3, -0.25) is 4.40 Å². The Bertz CT molecular complexity index is 1300. The highest BCUT2D eigenvalue weighted by Gasteiger charge is 2.41. The van der Waals surface area contributed by atoms with Crippen LogP contribution in [0.4, 0.5) is 5.82 Å². The molecule has 0 spiro atoms. The van der Waals surface area contributed by atoms with Crippen LogP contribution in [0.2, 0.25) is 0 Å². The number of para-hydroxylation sites is 1. The summed E-state index contributed by atoms with van der Waals surface area (Å²) in [5.41, 5.74) is 9.00. The molecule has 0 saturated heterocycles. The summed E-state index contributed by atoms with van der Waals surface area (Å²) in [7, 11) is 1.62. The van der Waals surface area contributed by atoms with Crippen LogP contribution in [-0.4, -0.2) is 32.2 Å². The van der Waals surface area contributed by atoms with Crippen LogP contribution in [-0.2, 0) is 0 Å². The van der Waals surface area contributed by atoms with Crippen LogP contribution in [0.25, 0.3) is 16.8 Å². The number of aryl methyl sites for hydroxylation is 1. The van der Waals surface area contributed by atoms with Crippen molar-refractivity contribution >= 4 is 11.3 Å². The molecule has 1 fully saturated rings. The van der Waals surface area contributed by atoms with Crippen LogP contribution in [0.15, 0.2) is 54.9 Å². The van der Waals surface area contributed by atoms with E-state index >= 15 is 0 Å².